The molecular weight excluding hydrogens is 286 g/mol. The van der Waals surface area contributed by atoms with Gasteiger partial charge in [-0.3, -0.25) is 20.2 Å². The van der Waals surface area contributed by atoms with Gasteiger partial charge in [0.2, 0.25) is 5.88 Å². The van der Waals surface area contributed by atoms with Gasteiger partial charge in [-0.1, -0.05) is 0 Å². The zero-order chi connectivity index (χ0) is 15.7. The van der Waals surface area contributed by atoms with Gasteiger partial charge in [-0.2, -0.15) is 5.26 Å². The van der Waals surface area contributed by atoms with E-state index >= 15 is 0 Å². The van der Waals surface area contributed by atoms with Crippen molar-refractivity contribution in [3.05, 3.63) is 51.4 Å². The molecule has 1 saturated carbocycles. The van der Waals surface area contributed by atoms with Crippen molar-refractivity contribution in [2.24, 2.45) is 0 Å². The fraction of sp³-hybridized carbons (Fsp3) is 0.333. The quantitative estimate of drug-likeness (QED) is 0.681. The predicted molar refractivity (Wildman–Crippen MR) is 75.5 cm³/mol. The van der Waals surface area contributed by atoms with Crippen LogP contribution in [0.3, 0.4) is 0 Å². The standard InChI is InChI=1S/C15H13N3O4/c16-9-11-5-6-15(7-8-15)22-14(11)17-13(19)10-1-3-12(4-2-10)18(20)21/h1-4H,5-8H2,(H,17,19). The Kier molecular flexibility index (Phi) is 3.29. The Bertz CT molecular complexity index is 711. The van der Waals surface area contributed by atoms with Gasteiger partial charge in [-0.05, 0) is 37.8 Å². The summed E-state index contributed by atoms with van der Waals surface area (Å²) in [5, 5.41) is 22.3. The van der Waals surface area contributed by atoms with E-state index in [1.54, 1.807) is 0 Å². The minimum absolute atomic E-state index is 0.0840. The Morgan fingerprint density at radius 1 is 1.32 bits per heavy atom. The molecular formula is C15H13N3O4. The highest BCUT2D eigenvalue weighted by Crippen LogP contribution is 2.48. The molecule has 0 radical (unpaired) electrons. The Morgan fingerprint density at radius 2 is 2.00 bits per heavy atom. The van der Waals surface area contributed by atoms with Crippen LogP contribution in [0.1, 0.15) is 36.0 Å². The van der Waals surface area contributed by atoms with Crippen LogP contribution in [0, 0.1) is 21.4 Å². The zero-order valence-electron chi connectivity index (χ0n) is 11.7. The molecule has 1 aliphatic heterocycles. The lowest BCUT2D eigenvalue weighted by Crippen LogP contribution is -2.32. The number of nitro benzene ring substituents is 1. The number of non-ortho nitro benzene ring substituents is 1. The van der Waals surface area contributed by atoms with E-state index in [0.29, 0.717) is 12.0 Å². The molecule has 7 nitrogen and oxygen atoms in total. The van der Waals surface area contributed by atoms with E-state index < -0.39 is 10.8 Å². The average Bonchev–Trinajstić information content (AvgIpc) is 3.26. The number of nitrogens with one attached hydrogen (secondary N) is 1. The second-order valence-electron chi connectivity index (χ2n) is 5.46. The predicted octanol–water partition coefficient (Wildman–Crippen LogP) is 2.40. The molecule has 1 amide bonds. The maximum Gasteiger partial charge on any atom is 0.269 e. The van der Waals surface area contributed by atoms with Gasteiger partial charge in [0.15, 0.2) is 0 Å². The lowest BCUT2D eigenvalue weighted by atomic mass is 10.0. The molecule has 0 aromatic heterocycles. The van der Waals surface area contributed by atoms with Crippen LogP contribution in [0.2, 0.25) is 0 Å². The molecule has 3 rings (SSSR count). The molecule has 0 saturated heterocycles. The Balaban J connectivity index is 1.76. The van der Waals surface area contributed by atoms with Gasteiger partial charge in [0, 0.05) is 17.7 Å². The number of hydrogen-bond donors (Lipinski definition) is 1. The Hall–Kier alpha value is -2.88. The summed E-state index contributed by atoms with van der Waals surface area (Å²) in [5.74, 6) is -0.232. The largest absolute Gasteiger partial charge is 0.472 e. The lowest BCUT2D eigenvalue weighted by molar-refractivity contribution is -0.384. The third kappa shape index (κ3) is 2.63. The molecule has 1 N–H and O–H groups in total. The number of rotatable bonds is 3. The van der Waals surface area contributed by atoms with Gasteiger partial charge >= 0.3 is 0 Å². The normalized spacial score (nSPS) is 18.3. The number of hydrogen-bond acceptors (Lipinski definition) is 5. The van der Waals surface area contributed by atoms with E-state index in [9.17, 15) is 14.9 Å². The summed E-state index contributed by atoms with van der Waals surface area (Å²) in [6.07, 6.45) is 3.25. The first kappa shape index (κ1) is 14.1. The smallest absolute Gasteiger partial charge is 0.269 e. The van der Waals surface area contributed by atoms with Crippen molar-refractivity contribution in [1.29, 1.82) is 5.26 Å². The van der Waals surface area contributed by atoms with Crippen LogP contribution in [0.15, 0.2) is 35.7 Å². The topological polar surface area (TPSA) is 105 Å². The van der Waals surface area contributed by atoms with Crippen molar-refractivity contribution in [3.8, 4) is 6.07 Å². The van der Waals surface area contributed by atoms with Crippen LogP contribution in [0.5, 0.6) is 0 Å². The first-order valence-corrected chi connectivity index (χ1v) is 6.91. The molecule has 22 heavy (non-hydrogen) atoms. The van der Waals surface area contributed by atoms with E-state index in [4.69, 9.17) is 10.00 Å². The van der Waals surface area contributed by atoms with Crippen molar-refractivity contribution < 1.29 is 14.5 Å². The number of nitriles is 1. The van der Waals surface area contributed by atoms with Crippen molar-refractivity contribution in [2.75, 3.05) is 0 Å². The van der Waals surface area contributed by atoms with Crippen molar-refractivity contribution in [3.63, 3.8) is 0 Å². The highest BCUT2D eigenvalue weighted by Gasteiger charge is 2.48. The summed E-state index contributed by atoms with van der Waals surface area (Å²) in [4.78, 5) is 22.3. The minimum atomic E-state index is -0.529. The van der Waals surface area contributed by atoms with E-state index in [1.807, 2.05) is 0 Å². The Labute approximate surface area is 126 Å². The van der Waals surface area contributed by atoms with Gasteiger partial charge < -0.3 is 4.74 Å². The fourth-order valence-corrected chi connectivity index (χ4v) is 2.40. The van der Waals surface area contributed by atoms with E-state index in [1.165, 1.54) is 24.3 Å². The molecule has 1 fully saturated rings. The van der Waals surface area contributed by atoms with Crippen LogP contribution >= 0.6 is 0 Å². The van der Waals surface area contributed by atoms with Crippen LogP contribution in [0.25, 0.3) is 0 Å². The number of nitrogens with zero attached hydrogens (tertiary/aromatic N) is 2. The number of nitro groups is 1. The van der Waals surface area contributed by atoms with E-state index in [2.05, 4.69) is 11.4 Å². The van der Waals surface area contributed by atoms with Gasteiger partial charge in [0.1, 0.15) is 11.7 Å². The van der Waals surface area contributed by atoms with Crippen LogP contribution in [0.4, 0.5) is 5.69 Å². The minimum Gasteiger partial charge on any atom is -0.472 e. The van der Waals surface area contributed by atoms with Crippen LogP contribution in [-0.4, -0.2) is 16.4 Å². The van der Waals surface area contributed by atoms with E-state index in [0.717, 1.165) is 19.3 Å². The number of ether oxygens (including phenoxy) is 1. The van der Waals surface area contributed by atoms with E-state index in [-0.39, 0.29) is 22.7 Å². The fourth-order valence-electron chi connectivity index (χ4n) is 2.40. The highest BCUT2D eigenvalue weighted by atomic mass is 16.6. The summed E-state index contributed by atoms with van der Waals surface area (Å²) < 4.78 is 5.76. The average molecular weight is 299 g/mol. The number of benzene rings is 1. The highest BCUT2D eigenvalue weighted by molar-refractivity contribution is 5.95. The molecule has 0 atom stereocenters. The molecule has 0 bridgehead atoms. The van der Waals surface area contributed by atoms with Crippen molar-refractivity contribution in [1.82, 2.24) is 5.32 Å². The first-order chi connectivity index (χ1) is 10.5. The second-order valence-corrected chi connectivity index (χ2v) is 5.46. The maximum atomic E-state index is 12.2. The molecule has 1 heterocycles. The summed E-state index contributed by atoms with van der Waals surface area (Å²) in [7, 11) is 0. The molecule has 1 aromatic rings. The lowest BCUT2D eigenvalue weighted by Gasteiger charge is -2.26. The summed E-state index contributed by atoms with van der Waals surface area (Å²) >= 11 is 0. The maximum absolute atomic E-state index is 12.2. The van der Waals surface area contributed by atoms with Crippen molar-refractivity contribution >= 4 is 11.6 Å². The van der Waals surface area contributed by atoms with Crippen LogP contribution in [-0.2, 0) is 4.74 Å². The third-order valence-corrected chi connectivity index (χ3v) is 3.93. The van der Waals surface area contributed by atoms with Gasteiger partial charge in [0.05, 0.1) is 10.5 Å². The third-order valence-electron chi connectivity index (χ3n) is 3.93. The van der Waals surface area contributed by atoms with Gasteiger partial charge in [0.25, 0.3) is 11.6 Å². The van der Waals surface area contributed by atoms with Gasteiger partial charge in [-0.15, -0.1) is 0 Å². The second kappa shape index (κ2) is 5.15. The number of amides is 1. The first-order valence-electron chi connectivity index (χ1n) is 6.91. The molecule has 112 valence electrons. The zero-order valence-corrected chi connectivity index (χ0v) is 11.7. The molecule has 2 aliphatic rings. The van der Waals surface area contributed by atoms with Gasteiger partial charge in [-0.25, -0.2) is 0 Å². The number of carbonyl (C=O) groups is 1. The molecule has 0 unspecified atom stereocenters. The molecule has 7 heteroatoms. The SMILES string of the molecule is N#CC1=C(NC(=O)c2ccc([N+](=O)[O-])cc2)OC2(CC1)CC2. The summed E-state index contributed by atoms with van der Waals surface area (Å²) in [6, 6.07) is 7.32. The van der Waals surface area contributed by atoms with Crippen LogP contribution < -0.4 is 5.32 Å². The molecule has 1 aliphatic carbocycles. The molecule has 1 aromatic carbocycles. The number of carbonyl (C=O) groups excluding carboxylic acids is 1. The number of allylic oxidation sites excluding steroid dienone is 1. The monoisotopic (exact) mass is 299 g/mol. The summed E-state index contributed by atoms with van der Waals surface area (Å²) in [5.41, 5.74) is 0.403. The molecule has 1 spiro atoms. The van der Waals surface area contributed by atoms with Crippen molar-refractivity contribution in [2.45, 2.75) is 31.3 Å². The Morgan fingerprint density at radius 3 is 2.55 bits per heavy atom. The summed E-state index contributed by atoms with van der Waals surface area (Å²) in [6.45, 7) is 0.